The van der Waals surface area contributed by atoms with Gasteiger partial charge in [-0.2, -0.15) is 0 Å². The third-order valence-corrected chi connectivity index (χ3v) is 6.15. The largest absolute Gasteiger partial charge is 0.405 e. The summed E-state index contributed by atoms with van der Waals surface area (Å²) >= 11 is 0. The molecule has 0 saturated heterocycles. The van der Waals surface area contributed by atoms with Crippen LogP contribution in [-0.2, 0) is 14.3 Å². The predicted octanol–water partition coefficient (Wildman–Crippen LogP) is 4.66. The molecule has 5 rings (SSSR count). The summed E-state index contributed by atoms with van der Waals surface area (Å²) in [6.45, 7) is 0. The molecule has 4 nitrogen and oxygen atoms in total. The first-order valence-electron chi connectivity index (χ1n) is 10.2. The average Bonchev–Trinajstić information content (AvgIpc) is 3.14. The smallest absolute Gasteiger partial charge is 0.342 e. The molecular formula is C26H21NO3. The van der Waals surface area contributed by atoms with Gasteiger partial charge in [-0.05, 0) is 23.3 Å². The van der Waals surface area contributed by atoms with Crippen LogP contribution in [0.3, 0.4) is 0 Å². The summed E-state index contributed by atoms with van der Waals surface area (Å²) in [5, 5.41) is 0. The van der Waals surface area contributed by atoms with E-state index in [1.807, 2.05) is 91.0 Å². The van der Waals surface area contributed by atoms with Crippen molar-refractivity contribution in [2.75, 3.05) is 0 Å². The molecule has 2 atom stereocenters. The van der Waals surface area contributed by atoms with Gasteiger partial charge in [0.25, 0.3) is 0 Å². The van der Waals surface area contributed by atoms with Crippen molar-refractivity contribution in [2.45, 2.75) is 30.2 Å². The van der Waals surface area contributed by atoms with Gasteiger partial charge in [-0.3, -0.25) is 4.79 Å². The standard InChI is InChI=1S/C26H21NO3/c28-21-16-22(18-10-4-1-5-11-18)26(23(17-21)19-12-6-2-7-13-19)25(29)30-24(27-26)20-14-8-3-9-15-20/h1-15,22-23H,16-17H2/t22-,23-/m0/s1. The van der Waals surface area contributed by atoms with Crippen LogP contribution in [0.5, 0.6) is 0 Å². The number of nitrogens with zero attached hydrogens (tertiary/aromatic N) is 1. The normalized spacial score (nSPS) is 22.6. The first-order valence-corrected chi connectivity index (χ1v) is 10.2. The summed E-state index contributed by atoms with van der Waals surface area (Å²) in [4.78, 5) is 31.4. The minimum absolute atomic E-state index is 0.138. The number of carbonyl (C=O) groups excluding carboxylic acids is 2. The van der Waals surface area contributed by atoms with Crippen LogP contribution >= 0.6 is 0 Å². The molecule has 0 aromatic heterocycles. The van der Waals surface area contributed by atoms with Gasteiger partial charge < -0.3 is 4.74 Å². The highest BCUT2D eigenvalue weighted by Gasteiger charge is 2.60. The van der Waals surface area contributed by atoms with E-state index in [1.54, 1.807) is 0 Å². The van der Waals surface area contributed by atoms with Crippen LogP contribution in [0.15, 0.2) is 96.0 Å². The number of rotatable bonds is 3. The van der Waals surface area contributed by atoms with E-state index in [4.69, 9.17) is 9.73 Å². The van der Waals surface area contributed by atoms with E-state index in [1.165, 1.54) is 0 Å². The number of Topliss-reactive ketones (excluding diaryl/α,β-unsaturated/α-hetero) is 1. The zero-order valence-electron chi connectivity index (χ0n) is 16.4. The molecule has 1 fully saturated rings. The number of ketones is 1. The van der Waals surface area contributed by atoms with Crippen molar-refractivity contribution in [2.24, 2.45) is 4.99 Å². The van der Waals surface area contributed by atoms with E-state index in [0.717, 1.165) is 16.7 Å². The van der Waals surface area contributed by atoms with Crippen molar-refractivity contribution < 1.29 is 14.3 Å². The number of carbonyl (C=O) groups is 2. The molecule has 2 aliphatic rings. The Labute approximate surface area is 175 Å². The van der Waals surface area contributed by atoms with Crippen molar-refractivity contribution >= 4 is 17.7 Å². The van der Waals surface area contributed by atoms with Gasteiger partial charge in [0.15, 0.2) is 5.54 Å². The van der Waals surface area contributed by atoms with Crippen molar-refractivity contribution in [3.8, 4) is 0 Å². The summed E-state index contributed by atoms with van der Waals surface area (Å²) in [5.41, 5.74) is 1.46. The molecule has 1 aliphatic carbocycles. The SMILES string of the molecule is O=C1C[C@@H](c2ccccc2)C2(N=C(c3ccccc3)OC2=O)[C@H](c2ccccc2)C1. The fourth-order valence-corrected chi connectivity index (χ4v) is 4.76. The molecule has 0 amide bonds. The lowest BCUT2D eigenvalue weighted by atomic mass is 9.61. The fraction of sp³-hybridized carbons (Fsp3) is 0.192. The molecule has 0 unspecified atom stereocenters. The number of esters is 1. The summed E-state index contributed by atoms with van der Waals surface area (Å²) in [5.74, 6) is -0.661. The Morgan fingerprint density at radius 1 is 0.700 bits per heavy atom. The quantitative estimate of drug-likeness (QED) is 0.606. The highest BCUT2D eigenvalue weighted by molar-refractivity contribution is 6.09. The maximum atomic E-state index is 13.6. The van der Waals surface area contributed by atoms with Crippen LogP contribution in [-0.4, -0.2) is 23.2 Å². The van der Waals surface area contributed by atoms with Crippen LogP contribution in [0.25, 0.3) is 0 Å². The Kier molecular flexibility index (Phi) is 4.55. The molecule has 1 spiro atoms. The molecule has 0 N–H and O–H groups in total. The Hall–Kier alpha value is -3.53. The highest BCUT2D eigenvalue weighted by atomic mass is 16.6. The topological polar surface area (TPSA) is 55.7 Å². The van der Waals surface area contributed by atoms with Crippen molar-refractivity contribution in [1.29, 1.82) is 0 Å². The number of aliphatic imine (C=N–C) groups is 1. The number of ether oxygens (including phenoxy) is 1. The van der Waals surface area contributed by atoms with Crippen LogP contribution < -0.4 is 0 Å². The molecule has 1 aliphatic heterocycles. The van der Waals surface area contributed by atoms with Gasteiger partial charge in [0.2, 0.25) is 5.90 Å². The first-order chi connectivity index (χ1) is 14.7. The zero-order chi connectivity index (χ0) is 20.6. The fourth-order valence-electron chi connectivity index (χ4n) is 4.76. The number of hydrogen-bond donors (Lipinski definition) is 0. The van der Waals surface area contributed by atoms with E-state index < -0.39 is 5.54 Å². The molecule has 30 heavy (non-hydrogen) atoms. The number of benzene rings is 3. The maximum absolute atomic E-state index is 13.6. The second kappa shape index (κ2) is 7.38. The molecule has 0 bridgehead atoms. The second-order valence-corrected chi connectivity index (χ2v) is 7.87. The minimum atomic E-state index is -1.16. The molecular weight excluding hydrogens is 374 g/mol. The van der Waals surface area contributed by atoms with Crippen LogP contribution in [0, 0.1) is 0 Å². The van der Waals surface area contributed by atoms with Gasteiger partial charge >= 0.3 is 5.97 Å². The molecule has 3 aromatic rings. The molecule has 1 saturated carbocycles. The van der Waals surface area contributed by atoms with E-state index >= 15 is 0 Å². The number of cyclic esters (lactones) is 1. The minimum Gasteiger partial charge on any atom is -0.405 e. The Morgan fingerprint density at radius 2 is 1.17 bits per heavy atom. The zero-order valence-corrected chi connectivity index (χ0v) is 16.4. The van der Waals surface area contributed by atoms with E-state index in [9.17, 15) is 9.59 Å². The summed E-state index contributed by atoms with van der Waals surface area (Å²) in [7, 11) is 0. The highest BCUT2D eigenvalue weighted by Crippen LogP contribution is 2.53. The third-order valence-electron chi connectivity index (χ3n) is 6.15. The lowest BCUT2D eigenvalue weighted by Gasteiger charge is -2.42. The Bertz CT molecular complexity index is 1060. The van der Waals surface area contributed by atoms with Crippen LogP contribution in [0.2, 0.25) is 0 Å². The lowest BCUT2D eigenvalue weighted by molar-refractivity contribution is -0.143. The summed E-state index contributed by atoms with van der Waals surface area (Å²) in [6.07, 6.45) is 0.544. The monoisotopic (exact) mass is 395 g/mol. The van der Waals surface area contributed by atoms with E-state index in [2.05, 4.69) is 0 Å². The van der Waals surface area contributed by atoms with Crippen molar-refractivity contribution in [3.63, 3.8) is 0 Å². The Morgan fingerprint density at radius 3 is 1.67 bits per heavy atom. The average molecular weight is 395 g/mol. The second-order valence-electron chi connectivity index (χ2n) is 7.87. The van der Waals surface area contributed by atoms with Gasteiger partial charge in [-0.15, -0.1) is 0 Å². The van der Waals surface area contributed by atoms with Gasteiger partial charge in [0.05, 0.1) is 0 Å². The summed E-state index contributed by atoms with van der Waals surface area (Å²) < 4.78 is 5.78. The predicted molar refractivity (Wildman–Crippen MR) is 114 cm³/mol. The van der Waals surface area contributed by atoms with Gasteiger partial charge in [0, 0.05) is 30.2 Å². The van der Waals surface area contributed by atoms with Crippen molar-refractivity contribution in [1.82, 2.24) is 0 Å². The molecule has 148 valence electrons. The number of hydrogen-bond acceptors (Lipinski definition) is 4. The third kappa shape index (κ3) is 2.96. The lowest BCUT2D eigenvalue weighted by Crippen LogP contribution is -2.50. The molecule has 3 aromatic carbocycles. The van der Waals surface area contributed by atoms with Crippen molar-refractivity contribution in [3.05, 3.63) is 108 Å². The molecule has 1 heterocycles. The Balaban J connectivity index is 1.72. The van der Waals surface area contributed by atoms with Crippen LogP contribution in [0.4, 0.5) is 0 Å². The molecule has 4 heteroatoms. The molecule has 0 radical (unpaired) electrons. The van der Waals surface area contributed by atoms with Gasteiger partial charge in [0.1, 0.15) is 5.78 Å². The van der Waals surface area contributed by atoms with E-state index in [-0.39, 0.29) is 36.4 Å². The van der Waals surface area contributed by atoms with Gasteiger partial charge in [-0.25, -0.2) is 9.79 Å². The van der Waals surface area contributed by atoms with Gasteiger partial charge in [-0.1, -0.05) is 78.9 Å². The summed E-state index contributed by atoms with van der Waals surface area (Å²) in [6, 6.07) is 28.9. The van der Waals surface area contributed by atoms with Crippen LogP contribution in [0.1, 0.15) is 41.4 Å². The maximum Gasteiger partial charge on any atom is 0.342 e. The van der Waals surface area contributed by atoms with E-state index in [0.29, 0.717) is 5.90 Å². The first kappa shape index (κ1) is 18.5.